The van der Waals surface area contributed by atoms with Crippen LogP contribution >= 0.6 is 0 Å². The minimum atomic E-state index is -1.87. The molecule has 0 amide bonds. The Morgan fingerprint density at radius 2 is 1.50 bits per heavy atom. The molecule has 0 heterocycles. The lowest BCUT2D eigenvalue weighted by atomic mass is 9.96. The predicted octanol–water partition coefficient (Wildman–Crippen LogP) is 5.23. The zero-order valence-electron chi connectivity index (χ0n) is 17.3. The van der Waals surface area contributed by atoms with Gasteiger partial charge in [0.1, 0.15) is 5.75 Å². The molecular formula is C22H38O3Si. The van der Waals surface area contributed by atoms with E-state index < -0.39 is 20.5 Å². The standard InChI is InChI=1S/C22H38O3Si/c1-22(2,3)26(4,5)25-21-16-17-10-6-8-12-19(23)20(24)13-9-7-11-18(21)15-14-17/h14-16,19-20,23-24H,6-13H2,1-5H3. The maximum Gasteiger partial charge on any atom is 0.250 e. The van der Waals surface area contributed by atoms with Gasteiger partial charge in [0.15, 0.2) is 0 Å². The Balaban J connectivity index is 2.22. The van der Waals surface area contributed by atoms with E-state index >= 15 is 0 Å². The average Bonchev–Trinajstić information content (AvgIpc) is 2.54. The first kappa shape index (κ1) is 21.5. The van der Waals surface area contributed by atoms with Gasteiger partial charge in [0.25, 0.3) is 0 Å². The van der Waals surface area contributed by atoms with Crippen LogP contribution in [0.4, 0.5) is 0 Å². The van der Waals surface area contributed by atoms with Crippen LogP contribution in [0.1, 0.15) is 70.4 Å². The summed E-state index contributed by atoms with van der Waals surface area (Å²) in [4.78, 5) is 0. The lowest BCUT2D eigenvalue weighted by Gasteiger charge is -2.37. The number of fused-ring (bicyclic) bond motifs is 11. The highest BCUT2D eigenvalue weighted by Gasteiger charge is 2.39. The van der Waals surface area contributed by atoms with Crippen LogP contribution in [-0.2, 0) is 12.8 Å². The van der Waals surface area contributed by atoms with Crippen LogP contribution in [0.15, 0.2) is 18.2 Å². The molecule has 2 aliphatic carbocycles. The van der Waals surface area contributed by atoms with Gasteiger partial charge in [-0.05, 0) is 73.9 Å². The van der Waals surface area contributed by atoms with Gasteiger partial charge in [-0.2, -0.15) is 0 Å². The summed E-state index contributed by atoms with van der Waals surface area (Å²) in [7, 11) is -1.87. The number of rotatable bonds is 2. The van der Waals surface area contributed by atoms with Crippen LogP contribution in [0.2, 0.25) is 18.1 Å². The Kier molecular flexibility index (Phi) is 7.34. The zero-order valence-corrected chi connectivity index (χ0v) is 18.3. The molecule has 26 heavy (non-hydrogen) atoms. The van der Waals surface area contributed by atoms with E-state index in [9.17, 15) is 10.2 Å². The van der Waals surface area contributed by atoms with Gasteiger partial charge in [0, 0.05) is 0 Å². The number of aliphatic hydroxyl groups is 2. The lowest BCUT2D eigenvalue weighted by molar-refractivity contribution is 0.00730. The summed E-state index contributed by atoms with van der Waals surface area (Å²) in [6.07, 6.45) is 6.09. The van der Waals surface area contributed by atoms with Crippen molar-refractivity contribution in [1.82, 2.24) is 0 Å². The van der Waals surface area contributed by atoms with E-state index in [4.69, 9.17) is 4.43 Å². The Bertz CT molecular complexity index is 577. The van der Waals surface area contributed by atoms with Crippen molar-refractivity contribution < 1.29 is 14.6 Å². The molecule has 0 spiro atoms. The van der Waals surface area contributed by atoms with E-state index in [1.54, 1.807) is 0 Å². The maximum atomic E-state index is 10.1. The van der Waals surface area contributed by atoms with Gasteiger partial charge < -0.3 is 14.6 Å². The molecule has 0 saturated carbocycles. The van der Waals surface area contributed by atoms with E-state index in [2.05, 4.69) is 52.1 Å². The third kappa shape index (κ3) is 5.83. The van der Waals surface area contributed by atoms with Gasteiger partial charge in [-0.1, -0.05) is 45.7 Å². The minimum absolute atomic E-state index is 0.182. The molecule has 2 unspecified atom stereocenters. The van der Waals surface area contributed by atoms with Crippen LogP contribution in [0.3, 0.4) is 0 Å². The SMILES string of the molecule is CC(C)(C)[Si](C)(C)Oc1cc2ccc1CCCCC(O)C(O)CCCC2. The highest BCUT2D eigenvalue weighted by atomic mass is 28.4. The first-order valence-electron chi connectivity index (χ1n) is 10.3. The molecule has 0 saturated heterocycles. The van der Waals surface area contributed by atoms with Crippen molar-refractivity contribution in [3.63, 3.8) is 0 Å². The fourth-order valence-corrected chi connectivity index (χ4v) is 4.27. The molecule has 2 N–H and O–H groups in total. The smallest absolute Gasteiger partial charge is 0.250 e. The van der Waals surface area contributed by atoms with Gasteiger partial charge in [-0.3, -0.25) is 0 Å². The first-order valence-corrected chi connectivity index (χ1v) is 13.2. The van der Waals surface area contributed by atoms with Gasteiger partial charge in [-0.15, -0.1) is 0 Å². The van der Waals surface area contributed by atoms with Crippen molar-refractivity contribution in [2.45, 2.75) is 102 Å². The fraction of sp³-hybridized carbons (Fsp3) is 0.727. The number of hydrogen-bond acceptors (Lipinski definition) is 3. The predicted molar refractivity (Wildman–Crippen MR) is 111 cm³/mol. The lowest BCUT2D eigenvalue weighted by Crippen LogP contribution is -2.44. The van der Waals surface area contributed by atoms with Crippen molar-refractivity contribution in [3.8, 4) is 5.75 Å². The summed E-state index contributed by atoms with van der Waals surface area (Å²) in [5.41, 5.74) is 2.60. The van der Waals surface area contributed by atoms with Crippen LogP contribution < -0.4 is 4.43 Å². The van der Waals surface area contributed by atoms with Crippen molar-refractivity contribution in [1.29, 1.82) is 0 Å². The summed E-state index contributed by atoms with van der Waals surface area (Å²) in [5, 5.41) is 20.4. The monoisotopic (exact) mass is 378 g/mol. The van der Waals surface area contributed by atoms with E-state index in [1.807, 2.05) is 0 Å². The minimum Gasteiger partial charge on any atom is -0.543 e. The van der Waals surface area contributed by atoms with Crippen LogP contribution in [-0.4, -0.2) is 30.7 Å². The molecule has 2 atom stereocenters. The molecule has 1 aromatic rings. The normalized spacial score (nSPS) is 23.5. The Morgan fingerprint density at radius 3 is 2.08 bits per heavy atom. The Hall–Kier alpha value is -0.843. The maximum absolute atomic E-state index is 10.1. The Morgan fingerprint density at radius 1 is 0.923 bits per heavy atom. The highest BCUT2D eigenvalue weighted by molar-refractivity contribution is 6.74. The second-order valence-electron chi connectivity index (χ2n) is 9.43. The van der Waals surface area contributed by atoms with Crippen molar-refractivity contribution in [2.75, 3.05) is 0 Å². The third-order valence-electron chi connectivity index (χ3n) is 6.16. The van der Waals surface area contributed by atoms with Crippen molar-refractivity contribution >= 4 is 8.32 Å². The Labute approximate surface area is 160 Å². The molecule has 0 radical (unpaired) electrons. The molecule has 0 aromatic heterocycles. The second kappa shape index (κ2) is 8.90. The molecule has 1 aromatic carbocycles. The van der Waals surface area contributed by atoms with E-state index in [1.165, 1.54) is 11.1 Å². The number of aryl methyl sites for hydroxylation is 2. The topological polar surface area (TPSA) is 49.7 Å². The largest absolute Gasteiger partial charge is 0.543 e. The summed E-state index contributed by atoms with van der Waals surface area (Å²) in [5.74, 6) is 1.08. The summed E-state index contributed by atoms with van der Waals surface area (Å²) >= 11 is 0. The number of hydrogen-bond donors (Lipinski definition) is 2. The molecule has 148 valence electrons. The summed E-state index contributed by atoms with van der Waals surface area (Å²) < 4.78 is 6.68. The van der Waals surface area contributed by atoms with Crippen LogP contribution in [0.5, 0.6) is 5.75 Å². The molecule has 0 aliphatic heterocycles. The second-order valence-corrected chi connectivity index (χ2v) is 14.2. The van der Waals surface area contributed by atoms with Crippen molar-refractivity contribution in [3.05, 3.63) is 29.3 Å². The quantitative estimate of drug-likeness (QED) is 0.693. The molecular weight excluding hydrogens is 340 g/mol. The van der Waals surface area contributed by atoms with Gasteiger partial charge in [0.2, 0.25) is 8.32 Å². The van der Waals surface area contributed by atoms with E-state index in [-0.39, 0.29) is 5.04 Å². The third-order valence-corrected chi connectivity index (χ3v) is 10.5. The molecule has 4 heteroatoms. The molecule has 3 rings (SSSR count). The van der Waals surface area contributed by atoms with E-state index in [0.717, 1.165) is 44.3 Å². The van der Waals surface area contributed by atoms with Crippen LogP contribution in [0.25, 0.3) is 0 Å². The molecule has 2 bridgehead atoms. The summed E-state index contributed by atoms with van der Waals surface area (Å²) in [6.45, 7) is 11.4. The summed E-state index contributed by atoms with van der Waals surface area (Å²) in [6, 6.07) is 6.74. The van der Waals surface area contributed by atoms with Crippen molar-refractivity contribution in [2.24, 2.45) is 0 Å². The molecule has 2 aliphatic rings. The number of aliphatic hydroxyl groups excluding tert-OH is 2. The molecule has 3 nitrogen and oxygen atoms in total. The highest BCUT2D eigenvalue weighted by Crippen LogP contribution is 2.39. The first-order chi connectivity index (χ1) is 12.1. The number of benzene rings is 1. The van der Waals surface area contributed by atoms with Crippen LogP contribution in [0, 0.1) is 0 Å². The van der Waals surface area contributed by atoms with E-state index in [0.29, 0.717) is 12.8 Å². The molecule has 0 fully saturated rings. The van der Waals surface area contributed by atoms with Gasteiger partial charge in [0.05, 0.1) is 12.2 Å². The average molecular weight is 379 g/mol. The fourth-order valence-electron chi connectivity index (χ4n) is 3.22. The van der Waals surface area contributed by atoms with Gasteiger partial charge >= 0.3 is 0 Å². The zero-order chi connectivity index (χ0) is 19.4. The van der Waals surface area contributed by atoms with Gasteiger partial charge in [-0.25, -0.2) is 0 Å².